The van der Waals surface area contributed by atoms with E-state index in [0.29, 0.717) is 11.5 Å². The largest absolute Gasteiger partial charge is 0.573 e. The van der Waals surface area contributed by atoms with Gasteiger partial charge >= 0.3 is 6.36 Å². The molecule has 0 aliphatic heterocycles. The zero-order chi connectivity index (χ0) is 16.4. The molecule has 23 heavy (non-hydrogen) atoms. The van der Waals surface area contributed by atoms with Crippen molar-refractivity contribution in [2.45, 2.75) is 37.6 Å². The van der Waals surface area contributed by atoms with E-state index in [0.717, 1.165) is 18.9 Å². The summed E-state index contributed by atoms with van der Waals surface area (Å²) in [5, 5.41) is 6.52. The maximum atomic E-state index is 12.5. The molecule has 126 valence electrons. The summed E-state index contributed by atoms with van der Waals surface area (Å²) in [5.41, 5.74) is 0.583. The fourth-order valence-corrected chi connectivity index (χ4v) is 2.64. The lowest BCUT2D eigenvalue weighted by Gasteiger charge is -2.14. The lowest BCUT2D eigenvalue weighted by atomic mass is 10.1. The Kier molecular flexibility index (Phi) is 4.37. The number of nitrogens with one attached hydrogen (secondary N) is 2. The van der Waals surface area contributed by atoms with E-state index in [1.807, 2.05) is 0 Å². The van der Waals surface area contributed by atoms with E-state index >= 15 is 0 Å². The standard InChI is InChI=1S/C16H20F3N3O/c1-20-15(21-9-10-6-7-10)22-13-8-12(13)11-4-2-3-5-14(11)23-16(17,18)19/h2-5,10,12-13H,6-9H2,1H3,(H2,20,21,22). The molecule has 2 unspecified atom stereocenters. The summed E-state index contributed by atoms with van der Waals surface area (Å²) in [7, 11) is 1.69. The van der Waals surface area contributed by atoms with Gasteiger partial charge in [0.25, 0.3) is 0 Å². The third-order valence-electron chi connectivity index (χ3n) is 4.14. The van der Waals surface area contributed by atoms with Gasteiger partial charge in [0.05, 0.1) is 0 Å². The van der Waals surface area contributed by atoms with Gasteiger partial charge in [-0.1, -0.05) is 18.2 Å². The van der Waals surface area contributed by atoms with Gasteiger partial charge in [-0.25, -0.2) is 0 Å². The molecule has 0 amide bonds. The maximum absolute atomic E-state index is 12.5. The Morgan fingerprint density at radius 1 is 1.30 bits per heavy atom. The Bertz CT molecular complexity index is 584. The quantitative estimate of drug-likeness (QED) is 0.645. The SMILES string of the molecule is CN=C(NCC1CC1)NC1CC1c1ccccc1OC(F)(F)F. The minimum absolute atomic E-state index is 0.00743. The summed E-state index contributed by atoms with van der Waals surface area (Å²) in [5.74, 6) is 1.33. The third kappa shape index (κ3) is 4.53. The molecule has 0 bridgehead atoms. The number of hydrogen-bond acceptors (Lipinski definition) is 2. The minimum atomic E-state index is -4.67. The highest BCUT2D eigenvalue weighted by Crippen LogP contribution is 2.45. The van der Waals surface area contributed by atoms with Crippen LogP contribution in [0.25, 0.3) is 0 Å². The van der Waals surface area contributed by atoms with Crippen LogP contribution in [0, 0.1) is 5.92 Å². The van der Waals surface area contributed by atoms with Gasteiger partial charge in [-0.15, -0.1) is 13.2 Å². The van der Waals surface area contributed by atoms with E-state index in [1.165, 1.54) is 18.9 Å². The molecular weight excluding hydrogens is 307 g/mol. The summed E-state index contributed by atoms with van der Waals surface area (Å²) in [6.45, 7) is 0.894. The number of halogens is 3. The summed E-state index contributed by atoms with van der Waals surface area (Å²) >= 11 is 0. The molecule has 0 radical (unpaired) electrons. The molecule has 2 saturated carbocycles. The number of guanidine groups is 1. The minimum Gasteiger partial charge on any atom is -0.405 e. The van der Waals surface area contributed by atoms with Crippen molar-refractivity contribution in [3.8, 4) is 5.75 Å². The number of ether oxygens (including phenoxy) is 1. The average molecular weight is 327 g/mol. The van der Waals surface area contributed by atoms with E-state index in [9.17, 15) is 13.2 Å². The van der Waals surface area contributed by atoms with Gasteiger partial charge in [-0.3, -0.25) is 4.99 Å². The third-order valence-corrected chi connectivity index (χ3v) is 4.14. The molecular formula is C16H20F3N3O. The number of hydrogen-bond donors (Lipinski definition) is 2. The van der Waals surface area contributed by atoms with Crippen LogP contribution in [0.3, 0.4) is 0 Å². The molecule has 7 heteroatoms. The number of benzene rings is 1. The van der Waals surface area contributed by atoms with Crippen molar-refractivity contribution in [1.29, 1.82) is 0 Å². The lowest BCUT2D eigenvalue weighted by molar-refractivity contribution is -0.274. The molecule has 0 saturated heterocycles. The van der Waals surface area contributed by atoms with Crippen molar-refractivity contribution in [1.82, 2.24) is 10.6 Å². The van der Waals surface area contributed by atoms with Gasteiger partial charge in [-0.05, 0) is 36.8 Å². The highest BCUT2D eigenvalue weighted by atomic mass is 19.4. The molecule has 2 N–H and O–H groups in total. The van der Waals surface area contributed by atoms with Gasteiger partial charge in [0.2, 0.25) is 0 Å². The molecule has 1 aromatic rings. The van der Waals surface area contributed by atoms with E-state index in [2.05, 4.69) is 20.4 Å². The molecule has 3 rings (SSSR count). The molecule has 1 aromatic carbocycles. The molecule has 0 spiro atoms. The molecule has 4 nitrogen and oxygen atoms in total. The van der Waals surface area contributed by atoms with Crippen LogP contribution >= 0.6 is 0 Å². The number of alkyl halides is 3. The second kappa shape index (κ2) is 6.29. The first kappa shape index (κ1) is 16.0. The smallest absolute Gasteiger partial charge is 0.405 e. The van der Waals surface area contributed by atoms with Crippen LogP contribution in [-0.4, -0.2) is 32.0 Å². The average Bonchev–Trinajstić information content (AvgIpc) is 3.38. The van der Waals surface area contributed by atoms with Crippen LogP contribution < -0.4 is 15.4 Å². The second-order valence-electron chi connectivity index (χ2n) is 6.08. The number of rotatable bonds is 5. The van der Waals surface area contributed by atoms with Crippen LogP contribution in [-0.2, 0) is 0 Å². The Morgan fingerprint density at radius 2 is 2.04 bits per heavy atom. The fourth-order valence-electron chi connectivity index (χ4n) is 2.64. The molecule has 2 aliphatic rings. The Hall–Kier alpha value is -1.92. The highest BCUT2D eigenvalue weighted by molar-refractivity contribution is 5.80. The van der Waals surface area contributed by atoms with Gasteiger partial charge in [-0.2, -0.15) is 0 Å². The first-order valence-corrected chi connectivity index (χ1v) is 7.78. The van der Waals surface area contributed by atoms with Crippen molar-refractivity contribution in [2.75, 3.05) is 13.6 Å². The molecule has 0 heterocycles. The fraction of sp³-hybridized carbons (Fsp3) is 0.562. The Balaban J connectivity index is 1.59. The number of nitrogens with zero attached hydrogens (tertiary/aromatic N) is 1. The van der Waals surface area contributed by atoms with Crippen molar-refractivity contribution in [3.63, 3.8) is 0 Å². The van der Waals surface area contributed by atoms with Crippen molar-refractivity contribution < 1.29 is 17.9 Å². The van der Waals surface area contributed by atoms with E-state index in [-0.39, 0.29) is 17.7 Å². The zero-order valence-corrected chi connectivity index (χ0v) is 12.9. The number of aliphatic imine (C=N–C) groups is 1. The monoisotopic (exact) mass is 327 g/mol. The summed E-state index contributed by atoms with van der Waals surface area (Å²) in [6.07, 6.45) is -1.41. The second-order valence-corrected chi connectivity index (χ2v) is 6.08. The van der Waals surface area contributed by atoms with Gasteiger partial charge in [0.1, 0.15) is 5.75 Å². The molecule has 0 aromatic heterocycles. The summed E-state index contributed by atoms with van der Waals surface area (Å²) < 4.78 is 41.6. The van der Waals surface area contributed by atoms with Crippen molar-refractivity contribution in [3.05, 3.63) is 29.8 Å². The Morgan fingerprint density at radius 3 is 2.70 bits per heavy atom. The van der Waals surface area contributed by atoms with Gasteiger partial charge in [0, 0.05) is 25.6 Å². The van der Waals surface area contributed by atoms with Gasteiger partial charge in [0.15, 0.2) is 5.96 Å². The summed E-state index contributed by atoms with van der Waals surface area (Å²) in [4.78, 5) is 4.16. The van der Waals surface area contributed by atoms with E-state index < -0.39 is 6.36 Å². The normalized spacial score (nSPS) is 24.3. The number of para-hydroxylation sites is 1. The molecule has 2 fully saturated rings. The predicted octanol–water partition coefficient (Wildman–Crippen LogP) is 3.02. The Labute approximate surface area is 133 Å². The van der Waals surface area contributed by atoms with Crippen LogP contribution in [0.2, 0.25) is 0 Å². The van der Waals surface area contributed by atoms with Crippen LogP contribution in [0.1, 0.15) is 30.7 Å². The van der Waals surface area contributed by atoms with Crippen LogP contribution in [0.4, 0.5) is 13.2 Å². The topological polar surface area (TPSA) is 45.7 Å². The van der Waals surface area contributed by atoms with Crippen LogP contribution in [0.15, 0.2) is 29.3 Å². The van der Waals surface area contributed by atoms with Gasteiger partial charge < -0.3 is 15.4 Å². The molecule has 2 atom stereocenters. The zero-order valence-electron chi connectivity index (χ0n) is 12.9. The highest BCUT2D eigenvalue weighted by Gasteiger charge is 2.42. The van der Waals surface area contributed by atoms with E-state index in [1.54, 1.807) is 25.2 Å². The predicted molar refractivity (Wildman–Crippen MR) is 81.5 cm³/mol. The van der Waals surface area contributed by atoms with Crippen molar-refractivity contribution in [2.24, 2.45) is 10.9 Å². The first-order chi connectivity index (χ1) is 11.0. The first-order valence-electron chi connectivity index (χ1n) is 7.78. The van der Waals surface area contributed by atoms with E-state index in [4.69, 9.17) is 0 Å². The summed E-state index contributed by atoms with van der Waals surface area (Å²) in [6, 6.07) is 6.41. The van der Waals surface area contributed by atoms with Crippen molar-refractivity contribution >= 4 is 5.96 Å². The molecule has 2 aliphatic carbocycles. The lowest BCUT2D eigenvalue weighted by Crippen LogP contribution is -2.39. The van der Waals surface area contributed by atoms with Crippen LogP contribution in [0.5, 0.6) is 5.75 Å². The maximum Gasteiger partial charge on any atom is 0.573 e.